The van der Waals surface area contributed by atoms with E-state index < -0.39 is 20.6 Å². The van der Waals surface area contributed by atoms with Gasteiger partial charge in [0.05, 0.1) is 6.08 Å². The minimum absolute atomic E-state index is 0. The van der Waals surface area contributed by atoms with E-state index in [0.717, 1.165) is 20.7 Å². The van der Waals surface area contributed by atoms with E-state index in [-0.39, 0.29) is 46.2 Å². The number of benzene rings is 4. The van der Waals surface area contributed by atoms with Gasteiger partial charge in [-0.1, -0.05) is 80.6 Å². The third-order valence-corrected chi connectivity index (χ3v) is 9.15. The van der Waals surface area contributed by atoms with Crippen LogP contribution in [0.4, 0.5) is 5.69 Å². The van der Waals surface area contributed by atoms with E-state index >= 15 is 0 Å². The molecule has 13 heteroatoms. The molecule has 1 aliphatic heterocycles. The van der Waals surface area contributed by atoms with Gasteiger partial charge in [0.1, 0.15) is 5.69 Å². The topological polar surface area (TPSA) is 168 Å². The number of aryl methyl sites for hydroxylation is 1. The maximum absolute atomic E-state index is 12.8. The lowest BCUT2D eigenvalue weighted by atomic mass is 9.97. The molecule has 0 amide bonds. The number of rotatable bonds is 8. The van der Waals surface area contributed by atoms with Crippen LogP contribution in [0.5, 0.6) is 5.75 Å². The van der Waals surface area contributed by atoms with Crippen LogP contribution in [-0.4, -0.2) is 31.4 Å². The molecule has 4 aromatic carbocycles. The fourth-order valence-corrected chi connectivity index (χ4v) is 6.94. The van der Waals surface area contributed by atoms with E-state index in [1.165, 1.54) is 12.2 Å². The molecule has 2 heterocycles. The molecule has 0 aliphatic carbocycles. The highest BCUT2D eigenvalue weighted by molar-refractivity contribution is 7.87. The summed E-state index contributed by atoms with van der Waals surface area (Å²) in [5.74, 6) is -0.228. The molecule has 5 aromatic rings. The lowest BCUT2D eigenvalue weighted by Gasteiger charge is -2.14. The Hall–Kier alpha value is -4.79. The number of nitrogens with zero attached hydrogens (tertiary/aromatic N) is 2. The van der Waals surface area contributed by atoms with Crippen LogP contribution in [0.2, 0.25) is 0 Å². The SMILES string of the molecule is CCC(=Cc1oc2ccc(-c3ccccc3)c(CC)c2[n+]1S(=O)(=O)O)C=C1Oc2ccc(-c3ccccc3)cc2N1S(=O)(=O)O.[OH-]. The fraction of sp³-hybridized carbons (Fsp3) is 0.121. The van der Waals surface area contributed by atoms with Gasteiger partial charge in [0.25, 0.3) is 5.52 Å². The van der Waals surface area contributed by atoms with Crippen LogP contribution in [-0.2, 0) is 27.0 Å². The third kappa shape index (κ3) is 6.06. The summed E-state index contributed by atoms with van der Waals surface area (Å²) in [5.41, 5.74) is 4.76. The average Bonchev–Trinajstić information content (AvgIpc) is 3.58. The van der Waals surface area contributed by atoms with Gasteiger partial charge < -0.3 is 14.6 Å². The fourth-order valence-electron chi connectivity index (χ4n) is 5.48. The molecule has 6 rings (SSSR count). The van der Waals surface area contributed by atoms with Gasteiger partial charge >= 0.3 is 26.5 Å². The highest BCUT2D eigenvalue weighted by atomic mass is 32.2. The van der Waals surface area contributed by atoms with E-state index in [2.05, 4.69) is 0 Å². The number of hydrogen-bond acceptors (Lipinski definition) is 7. The lowest BCUT2D eigenvalue weighted by Crippen LogP contribution is -2.44. The Balaban J connectivity index is 0.00000417. The number of hydrogen-bond donors (Lipinski definition) is 2. The standard InChI is InChI=1S/C33H28N2O8S2.H2O/c1-3-22(19-31-34(44(36,37)38)28-21-25(15-17-29(28)42-31)23-11-7-5-8-12-23)20-32-35(45(39,40)41)33-26(4-2)27(16-18-30(33)43-32)24-13-9-6-10-14-24;/h5-21H,3-4H2,1-2H3,(H-,36,37,38,39,40,41);1H2. The first-order valence-electron chi connectivity index (χ1n) is 14.1. The predicted molar refractivity (Wildman–Crippen MR) is 173 cm³/mol. The maximum Gasteiger partial charge on any atom is 0.515 e. The zero-order chi connectivity index (χ0) is 31.9. The van der Waals surface area contributed by atoms with Gasteiger partial charge in [-0.3, -0.25) is 4.55 Å². The van der Waals surface area contributed by atoms with Crippen LogP contribution in [0.15, 0.2) is 113 Å². The number of fused-ring (bicyclic) bond motifs is 2. The summed E-state index contributed by atoms with van der Waals surface area (Å²) in [5, 5.41) is 0. The third-order valence-electron chi connectivity index (χ3n) is 7.49. The van der Waals surface area contributed by atoms with Gasteiger partial charge in [-0.2, -0.15) is 12.7 Å². The Morgan fingerprint density at radius 1 is 0.848 bits per heavy atom. The summed E-state index contributed by atoms with van der Waals surface area (Å²) in [6.45, 7) is 3.64. The Kier molecular flexibility index (Phi) is 8.89. The van der Waals surface area contributed by atoms with Crippen molar-refractivity contribution in [3.63, 3.8) is 0 Å². The second-order valence-corrected chi connectivity index (χ2v) is 12.8. The molecule has 0 unspecified atom stereocenters. The number of oxazole rings is 1. The molecular weight excluding hydrogens is 633 g/mol. The molecule has 3 N–H and O–H groups in total. The average molecular weight is 663 g/mol. The quantitative estimate of drug-likeness (QED) is 0.141. The van der Waals surface area contributed by atoms with Crippen molar-refractivity contribution in [2.45, 2.75) is 26.7 Å². The van der Waals surface area contributed by atoms with Crippen LogP contribution in [0.25, 0.3) is 39.4 Å². The van der Waals surface area contributed by atoms with Crippen molar-refractivity contribution in [3.8, 4) is 28.0 Å². The highest BCUT2D eigenvalue weighted by Gasteiger charge is 2.37. The first-order valence-corrected chi connectivity index (χ1v) is 16.9. The minimum Gasteiger partial charge on any atom is -0.870 e. The second kappa shape index (κ2) is 12.5. The molecule has 0 saturated heterocycles. The molecule has 238 valence electrons. The highest BCUT2D eigenvalue weighted by Crippen LogP contribution is 2.43. The number of anilines is 1. The van der Waals surface area contributed by atoms with Crippen LogP contribution >= 0.6 is 0 Å². The van der Waals surface area contributed by atoms with Crippen LogP contribution in [0, 0.1) is 0 Å². The van der Waals surface area contributed by atoms with Crippen molar-refractivity contribution in [1.29, 1.82) is 0 Å². The predicted octanol–water partition coefficient (Wildman–Crippen LogP) is 6.43. The Morgan fingerprint density at radius 2 is 1.50 bits per heavy atom. The van der Waals surface area contributed by atoms with E-state index in [9.17, 15) is 25.9 Å². The van der Waals surface area contributed by atoms with Crippen molar-refractivity contribution >= 4 is 43.5 Å². The molecule has 46 heavy (non-hydrogen) atoms. The molecule has 1 aromatic heterocycles. The van der Waals surface area contributed by atoms with Gasteiger partial charge in [0.2, 0.25) is 11.5 Å². The molecule has 0 fully saturated rings. The van der Waals surface area contributed by atoms with Crippen LogP contribution in [0.1, 0.15) is 31.7 Å². The van der Waals surface area contributed by atoms with Crippen LogP contribution in [0.3, 0.4) is 0 Å². The summed E-state index contributed by atoms with van der Waals surface area (Å²) in [7, 11) is -9.69. The smallest absolute Gasteiger partial charge is 0.515 e. The van der Waals surface area contributed by atoms with Gasteiger partial charge in [-0.05, 0) is 68.9 Å². The van der Waals surface area contributed by atoms with E-state index in [1.54, 1.807) is 31.2 Å². The molecule has 11 nitrogen and oxygen atoms in total. The number of aromatic nitrogens is 1. The van der Waals surface area contributed by atoms with Crippen molar-refractivity contribution in [1.82, 2.24) is 0 Å². The summed E-state index contributed by atoms with van der Waals surface area (Å²) in [4.78, 5) is 0. The van der Waals surface area contributed by atoms with Crippen molar-refractivity contribution in [3.05, 3.63) is 120 Å². The summed E-state index contributed by atoms with van der Waals surface area (Å²) in [6, 6.07) is 27.2. The first kappa shape index (κ1) is 32.6. The van der Waals surface area contributed by atoms with E-state index in [4.69, 9.17) is 9.15 Å². The molecule has 0 atom stereocenters. The second-order valence-electron chi connectivity index (χ2n) is 10.3. The largest absolute Gasteiger partial charge is 0.870 e. The lowest BCUT2D eigenvalue weighted by molar-refractivity contribution is -0.499. The molecule has 0 saturated carbocycles. The van der Waals surface area contributed by atoms with Crippen LogP contribution < -0.4 is 13.0 Å². The Labute approximate surface area is 266 Å². The minimum atomic E-state index is -4.86. The molecular formula is C33H30N2O9S2. The monoisotopic (exact) mass is 662 g/mol. The van der Waals surface area contributed by atoms with Gasteiger partial charge in [0, 0.05) is 11.6 Å². The Morgan fingerprint density at radius 3 is 2.09 bits per heavy atom. The van der Waals surface area contributed by atoms with Crippen molar-refractivity contribution in [2.75, 3.05) is 4.31 Å². The van der Waals surface area contributed by atoms with Gasteiger partial charge in [-0.25, -0.2) is 4.55 Å². The summed E-state index contributed by atoms with van der Waals surface area (Å²) >= 11 is 0. The van der Waals surface area contributed by atoms with E-state index in [0.29, 0.717) is 27.4 Å². The molecule has 0 spiro atoms. The molecule has 0 radical (unpaired) electrons. The van der Waals surface area contributed by atoms with Crippen molar-refractivity contribution < 1.29 is 44.5 Å². The number of allylic oxidation sites excluding steroid dienone is 2. The summed E-state index contributed by atoms with van der Waals surface area (Å²) in [6.07, 6.45) is 3.46. The van der Waals surface area contributed by atoms with E-state index in [1.807, 2.05) is 73.7 Å². The van der Waals surface area contributed by atoms with Gasteiger partial charge in [0.15, 0.2) is 5.75 Å². The number of ether oxygens (including phenoxy) is 1. The zero-order valence-electron chi connectivity index (χ0n) is 24.7. The maximum atomic E-state index is 12.8. The Bertz CT molecular complexity index is 2210. The van der Waals surface area contributed by atoms with Crippen molar-refractivity contribution in [2.24, 2.45) is 0 Å². The molecule has 0 bridgehead atoms. The molecule has 1 aliphatic rings. The normalized spacial score (nSPS) is 14.3. The zero-order valence-corrected chi connectivity index (χ0v) is 26.4. The first-order chi connectivity index (χ1) is 21.5. The van der Waals surface area contributed by atoms with Gasteiger partial charge in [-0.15, -0.1) is 8.42 Å². The summed E-state index contributed by atoms with van der Waals surface area (Å²) < 4.78 is 84.7.